The van der Waals surface area contributed by atoms with Gasteiger partial charge in [-0.1, -0.05) is 23.2 Å². The molecule has 3 nitrogen and oxygen atoms in total. The van der Waals surface area contributed by atoms with Crippen LogP contribution in [-0.4, -0.2) is 0 Å². The summed E-state index contributed by atoms with van der Waals surface area (Å²) >= 11 is 12.2. The normalized spacial score (nSPS) is 12.5. The zero-order chi connectivity index (χ0) is 19.3. The van der Waals surface area contributed by atoms with Gasteiger partial charge in [-0.15, -0.1) is 0 Å². The highest BCUT2D eigenvalue weighted by molar-refractivity contribution is 6.32. The van der Waals surface area contributed by atoms with Crippen molar-refractivity contribution in [1.82, 2.24) is 0 Å². The fraction of sp³-hybridized carbons (Fsp3) is 0. The second-order valence-electron chi connectivity index (χ2n) is 7.28. The summed E-state index contributed by atoms with van der Waals surface area (Å²) in [6.45, 7) is 0. The predicted octanol–water partition coefficient (Wildman–Crippen LogP) is 8.69. The van der Waals surface area contributed by atoms with Crippen molar-refractivity contribution in [2.45, 2.75) is 0 Å². The number of hydrogen-bond acceptors (Lipinski definition) is 3. The first kappa shape index (κ1) is 15.7. The van der Waals surface area contributed by atoms with Gasteiger partial charge in [-0.3, -0.25) is 0 Å². The number of halogens is 2. The fourth-order valence-electron chi connectivity index (χ4n) is 4.26. The lowest BCUT2D eigenvalue weighted by Gasteiger charge is -1.92. The van der Waals surface area contributed by atoms with E-state index in [0.29, 0.717) is 10.0 Å². The van der Waals surface area contributed by atoms with Gasteiger partial charge in [0.05, 0.1) is 0 Å². The first-order valence-electron chi connectivity index (χ1n) is 9.14. The topological polar surface area (TPSA) is 39.4 Å². The van der Waals surface area contributed by atoms with Gasteiger partial charge in [0.2, 0.25) is 0 Å². The minimum Gasteiger partial charge on any atom is -0.456 e. The molecule has 7 aromatic rings. The molecule has 0 saturated heterocycles. The summed E-state index contributed by atoms with van der Waals surface area (Å²) < 4.78 is 18.3. The lowest BCUT2D eigenvalue weighted by atomic mass is 10.1. The predicted molar refractivity (Wildman–Crippen MR) is 118 cm³/mol. The molecule has 0 N–H and O–H groups in total. The molecule has 0 atom stereocenters. The quantitative estimate of drug-likeness (QED) is 0.248. The molecule has 0 aliphatic heterocycles. The zero-order valence-corrected chi connectivity index (χ0v) is 16.3. The summed E-state index contributed by atoms with van der Waals surface area (Å²) in [5, 5.41) is 7.32. The Morgan fingerprint density at radius 3 is 1.07 bits per heavy atom. The number of furan rings is 3. The number of benzene rings is 4. The maximum Gasteiger partial charge on any atom is 0.136 e. The van der Waals surface area contributed by atoms with Gasteiger partial charge in [-0.05, 0) is 48.5 Å². The molecular formula is C24H10Cl2O3. The van der Waals surface area contributed by atoms with Gasteiger partial charge in [-0.2, -0.15) is 0 Å². The second kappa shape index (κ2) is 5.26. The van der Waals surface area contributed by atoms with Crippen molar-refractivity contribution in [3.63, 3.8) is 0 Å². The summed E-state index contributed by atoms with van der Waals surface area (Å²) in [5.41, 5.74) is 4.75. The average Bonchev–Trinajstić information content (AvgIpc) is 3.33. The molecule has 0 saturated carbocycles. The molecule has 0 aliphatic rings. The van der Waals surface area contributed by atoms with Crippen LogP contribution in [-0.2, 0) is 0 Å². The van der Waals surface area contributed by atoms with Gasteiger partial charge in [0.15, 0.2) is 0 Å². The van der Waals surface area contributed by atoms with Crippen LogP contribution in [0.15, 0.2) is 73.9 Å². The van der Waals surface area contributed by atoms with Gasteiger partial charge in [0.25, 0.3) is 0 Å². The molecular weight excluding hydrogens is 407 g/mol. The van der Waals surface area contributed by atoms with Crippen LogP contribution in [0.3, 0.4) is 0 Å². The van der Waals surface area contributed by atoms with E-state index in [9.17, 15) is 0 Å². The van der Waals surface area contributed by atoms with E-state index in [1.54, 1.807) is 0 Å². The highest BCUT2D eigenvalue weighted by atomic mass is 35.5. The third-order valence-electron chi connectivity index (χ3n) is 5.58. The van der Waals surface area contributed by atoms with E-state index in [-0.39, 0.29) is 0 Å². The molecule has 0 unspecified atom stereocenters. The fourth-order valence-corrected chi connectivity index (χ4v) is 4.59. The third kappa shape index (κ3) is 2.09. The Balaban J connectivity index is 1.60. The zero-order valence-electron chi connectivity index (χ0n) is 14.8. The van der Waals surface area contributed by atoms with Crippen LogP contribution in [0.4, 0.5) is 0 Å². The third-order valence-corrected chi connectivity index (χ3v) is 6.05. The molecule has 29 heavy (non-hydrogen) atoms. The molecule has 0 radical (unpaired) electrons. The van der Waals surface area contributed by atoms with Crippen molar-refractivity contribution in [2.75, 3.05) is 0 Å². The molecule has 0 bridgehead atoms. The molecule has 7 rings (SSSR count). The van der Waals surface area contributed by atoms with E-state index in [2.05, 4.69) is 0 Å². The molecule has 138 valence electrons. The molecule has 5 heteroatoms. The monoisotopic (exact) mass is 416 g/mol. The molecule has 3 heterocycles. The van der Waals surface area contributed by atoms with Crippen LogP contribution < -0.4 is 0 Å². The second-order valence-corrected chi connectivity index (χ2v) is 8.15. The van der Waals surface area contributed by atoms with Gasteiger partial charge >= 0.3 is 0 Å². The average molecular weight is 417 g/mol. The van der Waals surface area contributed by atoms with Crippen molar-refractivity contribution >= 4 is 89.0 Å². The molecule has 4 aromatic carbocycles. The first-order valence-corrected chi connectivity index (χ1v) is 9.89. The lowest BCUT2D eigenvalue weighted by molar-refractivity contribution is 0.662. The van der Waals surface area contributed by atoms with Crippen LogP contribution in [0, 0.1) is 0 Å². The van der Waals surface area contributed by atoms with Gasteiger partial charge in [0.1, 0.15) is 33.5 Å². The lowest BCUT2D eigenvalue weighted by Crippen LogP contribution is -1.70. The van der Waals surface area contributed by atoms with Crippen LogP contribution in [0.25, 0.3) is 65.8 Å². The molecule has 3 aromatic heterocycles. The Bertz CT molecular complexity index is 1650. The Hall–Kier alpha value is -3.14. The smallest absolute Gasteiger partial charge is 0.136 e. The van der Waals surface area contributed by atoms with Crippen LogP contribution in [0.1, 0.15) is 0 Å². The molecule has 0 fully saturated rings. The van der Waals surface area contributed by atoms with E-state index < -0.39 is 0 Å². The standard InChI is InChI=1S/C24H10Cl2O3/c25-11-1-3-13-15-7-23-17(9-21(15)27-19(13)5-11)18-10-22-16(8-24(18)29-23)14-4-2-12(26)6-20(14)28-22/h1-10H. The Morgan fingerprint density at radius 1 is 0.379 bits per heavy atom. The van der Waals surface area contributed by atoms with Gasteiger partial charge in [0, 0.05) is 54.5 Å². The minimum atomic E-state index is 0.651. The van der Waals surface area contributed by atoms with Crippen molar-refractivity contribution in [1.29, 1.82) is 0 Å². The Labute approximate surface area is 173 Å². The van der Waals surface area contributed by atoms with E-state index in [4.69, 9.17) is 36.5 Å². The summed E-state index contributed by atoms with van der Waals surface area (Å²) in [6, 6.07) is 19.5. The summed E-state index contributed by atoms with van der Waals surface area (Å²) in [6.07, 6.45) is 0. The van der Waals surface area contributed by atoms with E-state index >= 15 is 0 Å². The maximum absolute atomic E-state index is 6.22. The van der Waals surface area contributed by atoms with Crippen molar-refractivity contribution in [3.8, 4) is 0 Å². The van der Waals surface area contributed by atoms with Crippen molar-refractivity contribution in [2.24, 2.45) is 0 Å². The molecule has 0 spiro atoms. The first-order chi connectivity index (χ1) is 14.1. The number of fused-ring (bicyclic) bond motifs is 9. The summed E-state index contributed by atoms with van der Waals surface area (Å²) in [5.74, 6) is 0. The Morgan fingerprint density at radius 2 is 0.690 bits per heavy atom. The largest absolute Gasteiger partial charge is 0.456 e. The highest BCUT2D eigenvalue weighted by Crippen LogP contribution is 2.40. The van der Waals surface area contributed by atoms with E-state index in [0.717, 1.165) is 65.8 Å². The minimum absolute atomic E-state index is 0.651. The van der Waals surface area contributed by atoms with Crippen LogP contribution in [0.5, 0.6) is 0 Å². The van der Waals surface area contributed by atoms with Gasteiger partial charge in [-0.25, -0.2) is 0 Å². The van der Waals surface area contributed by atoms with Crippen LogP contribution >= 0.6 is 23.2 Å². The van der Waals surface area contributed by atoms with E-state index in [1.165, 1.54) is 0 Å². The number of rotatable bonds is 0. The van der Waals surface area contributed by atoms with Gasteiger partial charge < -0.3 is 13.3 Å². The van der Waals surface area contributed by atoms with E-state index in [1.807, 2.05) is 60.7 Å². The maximum atomic E-state index is 6.22. The molecule has 0 amide bonds. The van der Waals surface area contributed by atoms with Crippen molar-refractivity contribution < 1.29 is 13.3 Å². The SMILES string of the molecule is Clc1ccc2c(c1)oc1cc3c(cc12)oc1cc2c(cc13)oc1cc(Cl)ccc12. The summed E-state index contributed by atoms with van der Waals surface area (Å²) in [4.78, 5) is 0. The molecule has 0 aliphatic carbocycles. The summed E-state index contributed by atoms with van der Waals surface area (Å²) in [7, 11) is 0. The van der Waals surface area contributed by atoms with Crippen LogP contribution in [0.2, 0.25) is 10.0 Å². The van der Waals surface area contributed by atoms with Crippen molar-refractivity contribution in [3.05, 3.63) is 70.7 Å². The number of hydrogen-bond donors (Lipinski definition) is 0. The Kier molecular flexibility index (Phi) is 2.86. The highest BCUT2D eigenvalue weighted by Gasteiger charge is 2.16.